The molecule has 0 atom stereocenters. The van der Waals surface area contributed by atoms with Gasteiger partial charge in [-0.05, 0) is 56.7 Å². The Hall–Kier alpha value is -3.32. The summed E-state index contributed by atoms with van der Waals surface area (Å²) in [5.74, 6) is 0.216. The number of hydrogen-bond donors (Lipinski definition) is 0. The maximum atomic E-state index is 13.4. The average molecular weight is 439 g/mol. The molecule has 0 heterocycles. The Kier molecular flexibility index (Phi) is 6.65. The highest BCUT2D eigenvalue weighted by atomic mass is 32.2. The third-order valence-corrected chi connectivity index (χ3v) is 5.79. The number of ether oxygens (including phenoxy) is 2. The third kappa shape index (κ3) is 5.64. The second-order valence-corrected chi connectivity index (χ2v) is 9.52. The van der Waals surface area contributed by atoms with Gasteiger partial charge in [-0.15, -0.1) is 0 Å². The van der Waals surface area contributed by atoms with Crippen molar-refractivity contribution in [2.45, 2.75) is 37.9 Å². The minimum Gasteiger partial charge on any atom is -0.487 e. The molecule has 0 aromatic heterocycles. The van der Waals surface area contributed by atoms with Crippen LogP contribution < -0.4 is 9.04 Å². The highest BCUT2D eigenvalue weighted by Crippen LogP contribution is 2.34. The van der Waals surface area contributed by atoms with Crippen LogP contribution in [0.15, 0.2) is 83.8 Å². The number of anilines is 1. The number of amides is 1. The summed E-state index contributed by atoms with van der Waals surface area (Å²) in [5.41, 5.74) is 0.0259. The van der Waals surface area contributed by atoms with Gasteiger partial charge in [-0.2, -0.15) is 4.31 Å². The summed E-state index contributed by atoms with van der Waals surface area (Å²) >= 11 is 0. The summed E-state index contributed by atoms with van der Waals surface area (Å²) in [7, 11) is -4.27. The molecular formula is C24H24NO5S. The Morgan fingerprint density at radius 3 is 2.19 bits per heavy atom. The van der Waals surface area contributed by atoms with E-state index in [4.69, 9.17) is 9.47 Å². The van der Waals surface area contributed by atoms with Gasteiger partial charge in [0.15, 0.2) is 0 Å². The van der Waals surface area contributed by atoms with Gasteiger partial charge in [-0.3, -0.25) is 0 Å². The molecule has 0 N–H and O–H groups in total. The van der Waals surface area contributed by atoms with E-state index in [0.717, 1.165) is 5.56 Å². The predicted molar refractivity (Wildman–Crippen MR) is 118 cm³/mol. The van der Waals surface area contributed by atoms with E-state index in [-0.39, 0.29) is 22.9 Å². The summed E-state index contributed by atoms with van der Waals surface area (Å²) in [6, 6.07) is 24.5. The molecule has 0 saturated carbocycles. The van der Waals surface area contributed by atoms with E-state index in [1.54, 1.807) is 51.1 Å². The van der Waals surface area contributed by atoms with E-state index in [9.17, 15) is 13.2 Å². The van der Waals surface area contributed by atoms with Crippen molar-refractivity contribution < 1.29 is 22.7 Å². The molecule has 1 radical (unpaired) electrons. The molecule has 7 heteroatoms. The zero-order valence-corrected chi connectivity index (χ0v) is 18.4. The Balaban J connectivity index is 2.05. The molecule has 3 aromatic rings. The quantitative estimate of drug-likeness (QED) is 0.529. The molecule has 6 nitrogen and oxygen atoms in total. The molecule has 0 bridgehead atoms. The van der Waals surface area contributed by atoms with Crippen LogP contribution in [-0.4, -0.2) is 20.1 Å². The lowest BCUT2D eigenvalue weighted by atomic mass is 10.2. The molecule has 0 aliphatic carbocycles. The van der Waals surface area contributed by atoms with Crippen LogP contribution in [0.4, 0.5) is 10.5 Å². The zero-order valence-electron chi connectivity index (χ0n) is 17.6. The van der Waals surface area contributed by atoms with E-state index in [1.807, 2.05) is 30.3 Å². The Morgan fingerprint density at radius 1 is 0.968 bits per heavy atom. The molecule has 0 fully saturated rings. The minimum absolute atomic E-state index is 0.0246. The summed E-state index contributed by atoms with van der Waals surface area (Å²) in [6.07, 6.45) is -1.03. The van der Waals surface area contributed by atoms with Crippen LogP contribution >= 0.6 is 0 Å². The topological polar surface area (TPSA) is 72.9 Å². The van der Waals surface area contributed by atoms with Gasteiger partial charge in [0.25, 0.3) is 10.0 Å². The lowest BCUT2D eigenvalue weighted by Crippen LogP contribution is -2.41. The van der Waals surface area contributed by atoms with Crippen LogP contribution in [-0.2, 0) is 21.4 Å². The number of sulfonamides is 1. The van der Waals surface area contributed by atoms with Crippen LogP contribution in [0.1, 0.15) is 26.3 Å². The SMILES string of the molecule is CC(C)(C)OC(=O)N(c1c[c]ccc1OCc1ccccc1)S(=O)(=O)c1ccccc1. The lowest BCUT2D eigenvalue weighted by Gasteiger charge is -2.28. The lowest BCUT2D eigenvalue weighted by molar-refractivity contribution is 0.0608. The molecule has 161 valence electrons. The largest absolute Gasteiger partial charge is 0.487 e. The second-order valence-electron chi connectivity index (χ2n) is 7.73. The van der Waals surface area contributed by atoms with Crippen LogP contribution in [0.3, 0.4) is 0 Å². The molecule has 0 aliphatic rings. The number of nitrogens with zero attached hydrogens (tertiary/aromatic N) is 1. The van der Waals surface area contributed by atoms with Crippen molar-refractivity contribution >= 4 is 21.8 Å². The van der Waals surface area contributed by atoms with Gasteiger partial charge in [0, 0.05) is 0 Å². The maximum absolute atomic E-state index is 13.4. The third-order valence-electron chi connectivity index (χ3n) is 4.10. The van der Waals surface area contributed by atoms with Gasteiger partial charge >= 0.3 is 6.09 Å². The molecule has 0 saturated heterocycles. The number of hydrogen-bond acceptors (Lipinski definition) is 5. The molecule has 0 aliphatic heterocycles. The zero-order chi connectivity index (χ0) is 22.5. The van der Waals surface area contributed by atoms with Gasteiger partial charge < -0.3 is 9.47 Å². The van der Waals surface area contributed by atoms with E-state index in [1.165, 1.54) is 18.2 Å². The molecular weight excluding hydrogens is 414 g/mol. The maximum Gasteiger partial charge on any atom is 0.429 e. The Bertz CT molecular complexity index is 1120. The van der Waals surface area contributed by atoms with Crippen LogP contribution in [0, 0.1) is 6.07 Å². The van der Waals surface area contributed by atoms with Gasteiger partial charge in [0.2, 0.25) is 0 Å². The molecule has 0 spiro atoms. The minimum atomic E-state index is -4.27. The predicted octanol–water partition coefficient (Wildman–Crippen LogP) is 5.20. The van der Waals surface area contributed by atoms with E-state index < -0.39 is 21.7 Å². The van der Waals surface area contributed by atoms with Gasteiger partial charge in [-0.1, -0.05) is 54.6 Å². The van der Waals surface area contributed by atoms with Crippen molar-refractivity contribution in [1.29, 1.82) is 0 Å². The highest BCUT2D eigenvalue weighted by Gasteiger charge is 2.36. The summed E-state index contributed by atoms with van der Waals surface area (Å²) < 4.78 is 38.8. The molecule has 31 heavy (non-hydrogen) atoms. The summed E-state index contributed by atoms with van der Waals surface area (Å²) in [5, 5.41) is 0. The first-order valence-electron chi connectivity index (χ1n) is 9.69. The van der Waals surface area contributed by atoms with E-state index >= 15 is 0 Å². The first kappa shape index (κ1) is 22.4. The Morgan fingerprint density at radius 2 is 1.58 bits per heavy atom. The summed E-state index contributed by atoms with van der Waals surface area (Å²) in [4.78, 5) is 13.0. The normalized spacial score (nSPS) is 11.6. The fourth-order valence-electron chi connectivity index (χ4n) is 2.75. The van der Waals surface area contributed by atoms with Gasteiger partial charge in [-0.25, -0.2) is 13.2 Å². The fourth-order valence-corrected chi connectivity index (χ4v) is 4.10. The van der Waals surface area contributed by atoms with Crippen molar-refractivity contribution in [2.24, 2.45) is 0 Å². The number of carbonyl (C=O) groups is 1. The van der Waals surface area contributed by atoms with Crippen LogP contribution in [0.2, 0.25) is 0 Å². The molecule has 1 amide bonds. The van der Waals surface area contributed by atoms with Crippen LogP contribution in [0.5, 0.6) is 5.75 Å². The van der Waals surface area contributed by atoms with Crippen molar-refractivity contribution in [3.63, 3.8) is 0 Å². The van der Waals surface area contributed by atoms with Gasteiger partial charge in [0.05, 0.1) is 4.90 Å². The standard InChI is InChI=1S/C24H24NO5S/c1-24(2,3)30-23(26)25(31(27,28)20-14-8-5-9-15-20)21-16-10-11-17-22(21)29-18-19-12-6-4-7-13-19/h4-9,11-17H,18H2,1-3H3. The van der Waals surface area contributed by atoms with Crippen molar-refractivity contribution in [2.75, 3.05) is 4.31 Å². The van der Waals surface area contributed by atoms with Crippen molar-refractivity contribution in [3.05, 3.63) is 90.5 Å². The fraction of sp³-hybridized carbons (Fsp3) is 0.208. The average Bonchev–Trinajstić information content (AvgIpc) is 2.73. The van der Waals surface area contributed by atoms with E-state index in [2.05, 4.69) is 6.07 Å². The van der Waals surface area contributed by atoms with Crippen LogP contribution in [0.25, 0.3) is 0 Å². The van der Waals surface area contributed by atoms with Gasteiger partial charge in [0.1, 0.15) is 23.6 Å². The van der Waals surface area contributed by atoms with E-state index in [0.29, 0.717) is 4.31 Å². The number of carbonyl (C=O) groups excluding carboxylic acids is 1. The van der Waals surface area contributed by atoms with Crippen molar-refractivity contribution in [1.82, 2.24) is 0 Å². The monoisotopic (exact) mass is 438 g/mol. The first-order valence-corrected chi connectivity index (χ1v) is 11.1. The summed E-state index contributed by atoms with van der Waals surface area (Å²) in [6.45, 7) is 5.21. The Labute approximate surface area is 183 Å². The number of benzene rings is 3. The number of rotatable bonds is 6. The molecule has 3 aromatic carbocycles. The smallest absolute Gasteiger partial charge is 0.429 e. The molecule has 3 rings (SSSR count). The second kappa shape index (κ2) is 9.22. The first-order chi connectivity index (χ1) is 14.7. The molecule has 0 unspecified atom stereocenters. The van der Waals surface area contributed by atoms with Crippen molar-refractivity contribution in [3.8, 4) is 5.75 Å². The highest BCUT2D eigenvalue weighted by molar-refractivity contribution is 7.93.